The molecule has 6 rings (SSSR count). The van der Waals surface area contributed by atoms with Gasteiger partial charge in [0.15, 0.2) is 6.30 Å². The SMILES string of the molecule is FC1NNc2ccc(/C(=C(/c3ccccc3)C3CCC3)c3ccc(/C=C/c4ncc[nH]4)cc3)cc21. The van der Waals surface area contributed by atoms with E-state index in [1.807, 2.05) is 24.4 Å². The van der Waals surface area contributed by atoms with Crippen molar-refractivity contribution in [2.75, 3.05) is 5.43 Å². The summed E-state index contributed by atoms with van der Waals surface area (Å²) in [4.78, 5) is 7.35. The van der Waals surface area contributed by atoms with Crippen molar-refractivity contribution in [2.45, 2.75) is 25.6 Å². The van der Waals surface area contributed by atoms with Gasteiger partial charge in [0, 0.05) is 18.0 Å². The van der Waals surface area contributed by atoms with Gasteiger partial charge in [-0.3, -0.25) is 0 Å². The van der Waals surface area contributed by atoms with Crippen LogP contribution in [0.3, 0.4) is 0 Å². The molecule has 2 heterocycles. The molecule has 5 heteroatoms. The van der Waals surface area contributed by atoms with Gasteiger partial charge in [0.05, 0.1) is 5.69 Å². The molecule has 35 heavy (non-hydrogen) atoms. The second-order valence-electron chi connectivity index (χ2n) is 9.15. The summed E-state index contributed by atoms with van der Waals surface area (Å²) in [6.07, 6.45) is 9.96. The Balaban J connectivity index is 1.49. The number of fused-ring (bicyclic) bond motifs is 1. The summed E-state index contributed by atoms with van der Waals surface area (Å²) in [7, 11) is 0. The molecule has 0 saturated heterocycles. The van der Waals surface area contributed by atoms with E-state index in [1.54, 1.807) is 6.20 Å². The first kappa shape index (κ1) is 21.6. The van der Waals surface area contributed by atoms with Crippen molar-refractivity contribution in [1.82, 2.24) is 15.4 Å². The van der Waals surface area contributed by atoms with E-state index in [0.717, 1.165) is 28.2 Å². The lowest BCUT2D eigenvalue weighted by Gasteiger charge is -2.31. The summed E-state index contributed by atoms with van der Waals surface area (Å²) in [6.45, 7) is 0. The van der Waals surface area contributed by atoms with E-state index in [1.165, 1.54) is 36.0 Å². The number of aromatic nitrogens is 2. The van der Waals surface area contributed by atoms with Gasteiger partial charge in [-0.1, -0.05) is 73.2 Å². The maximum Gasteiger partial charge on any atom is 0.195 e. The number of H-pyrrole nitrogens is 1. The molecular weight excluding hydrogens is 435 g/mol. The maximum absolute atomic E-state index is 14.6. The molecule has 1 aliphatic heterocycles. The minimum Gasteiger partial charge on any atom is -0.345 e. The molecule has 0 amide bonds. The number of halogens is 1. The van der Waals surface area contributed by atoms with E-state index in [4.69, 9.17) is 0 Å². The van der Waals surface area contributed by atoms with Gasteiger partial charge in [0.25, 0.3) is 0 Å². The fraction of sp³-hybridized carbons (Fsp3) is 0.167. The fourth-order valence-electron chi connectivity index (χ4n) is 4.94. The Hall–Kier alpha value is -3.96. The number of hydrogen-bond acceptors (Lipinski definition) is 3. The number of nitrogens with zero attached hydrogens (tertiary/aromatic N) is 1. The molecule has 4 aromatic rings. The standard InChI is InChI=1S/C30H27FN4/c31-30-25-19-24(14-15-26(25)34-35-30)29(28(22-7-4-8-22)21-5-2-1-3-6-21)23-12-9-20(10-13-23)11-16-27-32-17-18-33-27/h1-3,5-6,9-19,22,30,34-35H,4,7-8H2,(H,32,33)/b16-11+,29-28-. The van der Waals surface area contributed by atoms with Gasteiger partial charge in [-0.25, -0.2) is 14.8 Å². The van der Waals surface area contributed by atoms with Crippen LogP contribution in [0.1, 0.15) is 59.2 Å². The first-order valence-electron chi connectivity index (χ1n) is 12.1. The lowest BCUT2D eigenvalue weighted by Crippen LogP contribution is -2.15. The molecule has 3 aromatic carbocycles. The van der Waals surface area contributed by atoms with Crippen LogP contribution in [0.25, 0.3) is 23.3 Å². The number of nitrogens with one attached hydrogen (secondary N) is 3. The Bertz CT molecular complexity index is 1370. The van der Waals surface area contributed by atoms with Crippen molar-refractivity contribution >= 4 is 29.0 Å². The highest BCUT2D eigenvalue weighted by Gasteiger charge is 2.28. The predicted octanol–water partition coefficient (Wildman–Crippen LogP) is 7.24. The molecular formula is C30H27FN4. The number of hydrogen-bond donors (Lipinski definition) is 3. The van der Waals surface area contributed by atoms with Gasteiger partial charge in [0.2, 0.25) is 0 Å². The van der Waals surface area contributed by atoms with E-state index in [0.29, 0.717) is 11.5 Å². The molecule has 1 aromatic heterocycles. The summed E-state index contributed by atoms with van der Waals surface area (Å²) in [6, 6.07) is 25.3. The van der Waals surface area contributed by atoms with Crippen LogP contribution in [0.4, 0.5) is 10.1 Å². The minimum atomic E-state index is -1.22. The molecule has 1 unspecified atom stereocenters. The van der Waals surface area contributed by atoms with E-state index in [-0.39, 0.29) is 0 Å². The average Bonchev–Trinajstić information content (AvgIpc) is 3.52. The van der Waals surface area contributed by atoms with Crippen molar-refractivity contribution in [3.63, 3.8) is 0 Å². The molecule has 1 fully saturated rings. The number of imidazole rings is 1. The first-order chi connectivity index (χ1) is 17.3. The van der Waals surface area contributed by atoms with Crippen LogP contribution < -0.4 is 10.9 Å². The van der Waals surface area contributed by atoms with Crippen LogP contribution >= 0.6 is 0 Å². The number of anilines is 1. The number of hydrazine groups is 1. The number of aromatic amines is 1. The van der Waals surface area contributed by atoms with Crippen molar-refractivity contribution < 1.29 is 4.39 Å². The highest BCUT2D eigenvalue weighted by atomic mass is 19.1. The maximum atomic E-state index is 14.6. The van der Waals surface area contributed by atoms with Crippen molar-refractivity contribution in [3.8, 4) is 0 Å². The zero-order chi connectivity index (χ0) is 23.6. The zero-order valence-corrected chi connectivity index (χ0v) is 19.3. The summed E-state index contributed by atoms with van der Waals surface area (Å²) in [5.41, 5.74) is 14.1. The molecule has 4 nitrogen and oxygen atoms in total. The van der Waals surface area contributed by atoms with Crippen molar-refractivity contribution in [3.05, 3.63) is 119 Å². The molecule has 1 aliphatic carbocycles. The molecule has 0 spiro atoms. The largest absolute Gasteiger partial charge is 0.345 e. The Morgan fingerprint density at radius 2 is 1.69 bits per heavy atom. The monoisotopic (exact) mass is 462 g/mol. The quantitative estimate of drug-likeness (QED) is 0.209. The summed E-state index contributed by atoms with van der Waals surface area (Å²) >= 11 is 0. The first-order valence-corrected chi connectivity index (χ1v) is 12.1. The fourth-order valence-corrected chi connectivity index (χ4v) is 4.94. The second kappa shape index (κ2) is 9.35. The molecule has 0 radical (unpaired) electrons. The molecule has 3 N–H and O–H groups in total. The van der Waals surface area contributed by atoms with E-state index in [9.17, 15) is 4.39 Å². The third kappa shape index (κ3) is 4.31. The van der Waals surface area contributed by atoms with E-state index >= 15 is 0 Å². The summed E-state index contributed by atoms with van der Waals surface area (Å²) in [5, 5.41) is 0. The predicted molar refractivity (Wildman–Crippen MR) is 141 cm³/mol. The topological polar surface area (TPSA) is 52.7 Å². The van der Waals surface area contributed by atoms with Gasteiger partial charge in [-0.15, -0.1) is 0 Å². The average molecular weight is 463 g/mol. The normalized spacial score (nSPS) is 18.1. The second-order valence-corrected chi connectivity index (χ2v) is 9.15. The lowest BCUT2D eigenvalue weighted by molar-refractivity contribution is 0.314. The number of benzene rings is 3. The van der Waals surface area contributed by atoms with Crippen molar-refractivity contribution in [1.29, 1.82) is 0 Å². The summed E-state index contributed by atoms with van der Waals surface area (Å²) < 4.78 is 14.6. The molecule has 1 atom stereocenters. The van der Waals surface area contributed by atoms with Gasteiger partial charge < -0.3 is 10.4 Å². The Morgan fingerprint density at radius 3 is 2.40 bits per heavy atom. The van der Waals surface area contributed by atoms with E-state index < -0.39 is 6.30 Å². The minimum absolute atomic E-state index is 0.497. The number of allylic oxidation sites excluding steroid dienone is 1. The van der Waals surface area contributed by atoms with Crippen molar-refractivity contribution in [2.24, 2.45) is 5.92 Å². The Morgan fingerprint density at radius 1 is 0.886 bits per heavy atom. The van der Waals surface area contributed by atoms with Crippen LogP contribution in [-0.4, -0.2) is 9.97 Å². The third-order valence-corrected chi connectivity index (χ3v) is 6.97. The highest BCUT2D eigenvalue weighted by molar-refractivity contribution is 6.00. The van der Waals surface area contributed by atoms with Gasteiger partial charge in [-0.2, -0.15) is 0 Å². The number of rotatable bonds is 6. The van der Waals surface area contributed by atoms with Crippen LogP contribution in [0.5, 0.6) is 0 Å². The zero-order valence-electron chi connectivity index (χ0n) is 19.3. The Labute approximate surface area is 204 Å². The highest BCUT2D eigenvalue weighted by Crippen LogP contribution is 2.46. The smallest absolute Gasteiger partial charge is 0.195 e. The van der Waals surface area contributed by atoms with Crippen LogP contribution in [0.15, 0.2) is 85.2 Å². The summed E-state index contributed by atoms with van der Waals surface area (Å²) in [5.74, 6) is 1.32. The lowest BCUT2D eigenvalue weighted by atomic mass is 9.73. The van der Waals surface area contributed by atoms with Crippen LogP contribution in [0.2, 0.25) is 0 Å². The van der Waals surface area contributed by atoms with Crippen LogP contribution in [-0.2, 0) is 0 Å². The van der Waals surface area contributed by atoms with Gasteiger partial charge in [-0.05, 0) is 70.4 Å². The Kier molecular flexibility index (Phi) is 5.76. The van der Waals surface area contributed by atoms with Gasteiger partial charge >= 0.3 is 0 Å². The molecule has 1 saturated carbocycles. The molecule has 0 bridgehead atoms. The molecule has 2 aliphatic rings. The third-order valence-electron chi connectivity index (χ3n) is 6.97. The van der Waals surface area contributed by atoms with Gasteiger partial charge in [0.1, 0.15) is 5.82 Å². The van der Waals surface area contributed by atoms with Crippen LogP contribution in [0, 0.1) is 5.92 Å². The number of alkyl halides is 1. The van der Waals surface area contributed by atoms with E-state index in [2.05, 4.69) is 87.6 Å². The molecule has 174 valence electrons.